The minimum Gasteiger partial charge on any atom is -0.481 e. The zero-order valence-electron chi connectivity index (χ0n) is 29.0. The zero-order chi connectivity index (χ0) is 30.7. The van der Waals surface area contributed by atoms with Crippen molar-refractivity contribution in [2.24, 2.45) is 67.0 Å². The largest absolute Gasteiger partial charge is 0.481 e. The van der Waals surface area contributed by atoms with E-state index in [2.05, 4.69) is 41.5 Å². The smallest absolute Gasteiger partial charge is 0.309 e. The molecular weight excluding hydrogens is 528 g/mol. The maximum Gasteiger partial charge on any atom is 0.309 e. The van der Waals surface area contributed by atoms with Gasteiger partial charge in [-0.05, 0) is 184 Å². The van der Waals surface area contributed by atoms with Crippen LogP contribution < -0.4 is 0 Å². The van der Waals surface area contributed by atoms with Crippen LogP contribution in [0.1, 0.15) is 170 Å². The topological polar surface area (TPSA) is 57.5 Å². The summed E-state index contributed by atoms with van der Waals surface area (Å²) in [5, 5.41) is 20.0. The van der Waals surface area contributed by atoms with E-state index in [1.54, 1.807) is 0 Å². The van der Waals surface area contributed by atoms with Gasteiger partial charge >= 0.3 is 5.97 Å². The molecule has 4 unspecified atom stereocenters. The van der Waals surface area contributed by atoms with E-state index in [9.17, 15) is 15.0 Å². The zero-order valence-corrected chi connectivity index (χ0v) is 29.0. The number of aliphatic carboxylic acids is 1. The number of hydrogen-bond acceptors (Lipinski definition) is 2. The minimum absolute atomic E-state index is 0.202. The molecule has 0 amide bonds. The first kappa shape index (κ1) is 31.1. The normalized spacial score (nSPS) is 58.2. The van der Waals surface area contributed by atoms with E-state index in [1.165, 1.54) is 109 Å². The van der Waals surface area contributed by atoms with Crippen molar-refractivity contribution in [3.63, 3.8) is 0 Å². The third-order valence-electron chi connectivity index (χ3n) is 17.9. The van der Waals surface area contributed by atoms with Crippen molar-refractivity contribution < 1.29 is 15.0 Å². The molecule has 0 aromatic rings. The number of aliphatic hydroxyl groups is 1. The van der Waals surface area contributed by atoms with Gasteiger partial charge in [-0.2, -0.15) is 0 Å². The molecule has 0 saturated heterocycles. The summed E-state index contributed by atoms with van der Waals surface area (Å²) in [6.07, 6.45) is 27.1. The second-order valence-corrected chi connectivity index (χ2v) is 20.3. The van der Waals surface area contributed by atoms with Crippen LogP contribution >= 0.6 is 0 Å². The molecule has 2 N–H and O–H groups in total. The van der Waals surface area contributed by atoms with Crippen molar-refractivity contribution in [1.82, 2.24) is 0 Å². The summed E-state index contributed by atoms with van der Waals surface area (Å²) in [7, 11) is 0. The highest BCUT2D eigenvalue weighted by Gasteiger charge is 2.67. The molecule has 2 spiro atoms. The van der Waals surface area contributed by atoms with Gasteiger partial charge in [0.2, 0.25) is 0 Å². The van der Waals surface area contributed by atoms with Gasteiger partial charge in [-0.15, -0.1) is 0 Å². The summed E-state index contributed by atoms with van der Waals surface area (Å²) in [5.74, 6) is 2.36. The standard InChI is InChI=1S/C20H32O2.C20H34O/c1-17-9-5-15-18(2)7-4-8-19(3,16(21)22)14(18)6-10-20(15,13-17)12-11-17;1-17-9-5-16-19(3)8-4-7-18(2,14-21)15(19)6-10-20(16,13-17)12-11-17/h14-15H,4-13H2,1-3H3,(H,21,22);15-16,21H,4-14H2,1-3H3/t14?,15?,17-,18-,19-,20+;15?,16?,17-,18+,19-,20+/m11/s1. The van der Waals surface area contributed by atoms with Crippen molar-refractivity contribution in [3.05, 3.63) is 0 Å². The third-order valence-corrected chi connectivity index (χ3v) is 17.9. The van der Waals surface area contributed by atoms with Gasteiger partial charge < -0.3 is 10.2 Å². The Labute approximate surface area is 264 Å². The maximum atomic E-state index is 12.0. The first-order valence-corrected chi connectivity index (χ1v) is 18.9. The summed E-state index contributed by atoms with van der Waals surface area (Å²) >= 11 is 0. The molecular formula is C40H66O3. The Balaban J connectivity index is 0.000000140. The number of carboxylic acid groups (broad SMARTS) is 1. The lowest BCUT2D eigenvalue weighted by Gasteiger charge is -2.64. The molecule has 3 heteroatoms. The molecule has 12 atom stereocenters. The number of fused-ring (bicyclic) bond motifs is 6. The second kappa shape index (κ2) is 9.73. The van der Waals surface area contributed by atoms with E-state index in [-0.39, 0.29) is 10.8 Å². The number of carboxylic acids is 1. The number of carbonyl (C=O) groups is 1. The van der Waals surface area contributed by atoms with Crippen LogP contribution in [-0.4, -0.2) is 22.8 Å². The van der Waals surface area contributed by atoms with E-state index in [1.807, 2.05) is 0 Å². The lowest BCUT2D eigenvalue weighted by Crippen LogP contribution is -2.58. The van der Waals surface area contributed by atoms with Crippen LogP contribution in [0.15, 0.2) is 0 Å². The van der Waals surface area contributed by atoms with Crippen LogP contribution in [0, 0.1) is 67.0 Å². The molecule has 8 fully saturated rings. The predicted octanol–water partition coefficient (Wildman–Crippen LogP) is 10.4. The fraction of sp³-hybridized carbons (Fsp3) is 0.975. The average molecular weight is 595 g/mol. The Morgan fingerprint density at radius 3 is 1.53 bits per heavy atom. The Morgan fingerprint density at radius 2 is 1.02 bits per heavy atom. The molecule has 0 aromatic carbocycles. The molecule has 0 radical (unpaired) electrons. The van der Waals surface area contributed by atoms with E-state index in [0.29, 0.717) is 39.6 Å². The Morgan fingerprint density at radius 1 is 0.558 bits per heavy atom. The summed E-state index contributed by atoms with van der Waals surface area (Å²) in [5.41, 5.74) is 3.04. The summed E-state index contributed by atoms with van der Waals surface area (Å²) in [6, 6.07) is 0. The predicted molar refractivity (Wildman–Crippen MR) is 175 cm³/mol. The minimum atomic E-state index is -0.536. The highest BCUT2D eigenvalue weighted by molar-refractivity contribution is 5.75. The fourth-order valence-electron chi connectivity index (χ4n) is 16.0. The highest BCUT2D eigenvalue weighted by Crippen LogP contribution is 2.75. The van der Waals surface area contributed by atoms with E-state index in [4.69, 9.17) is 0 Å². The van der Waals surface area contributed by atoms with E-state index >= 15 is 0 Å². The molecule has 3 nitrogen and oxygen atoms in total. The fourth-order valence-corrected chi connectivity index (χ4v) is 16.0. The van der Waals surface area contributed by atoms with E-state index in [0.717, 1.165) is 37.0 Å². The molecule has 43 heavy (non-hydrogen) atoms. The van der Waals surface area contributed by atoms with E-state index < -0.39 is 11.4 Å². The molecule has 0 aliphatic heterocycles. The van der Waals surface area contributed by atoms with Crippen molar-refractivity contribution in [3.8, 4) is 0 Å². The Bertz CT molecular complexity index is 1130. The van der Waals surface area contributed by atoms with Gasteiger partial charge in [0.05, 0.1) is 5.41 Å². The lowest BCUT2D eigenvalue weighted by molar-refractivity contribution is -0.182. The molecule has 0 aromatic heterocycles. The number of hydrogen-bond donors (Lipinski definition) is 2. The summed E-state index contributed by atoms with van der Waals surface area (Å²) in [6.45, 7) is 15.0. The molecule has 0 heterocycles. The Kier molecular flexibility index (Phi) is 7.03. The lowest BCUT2D eigenvalue weighted by atomic mass is 9.40. The van der Waals surface area contributed by atoms with Crippen molar-refractivity contribution in [2.45, 2.75) is 170 Å². The highest BCUT2D eigenvalue weighted by atomic mass is 16.4. The monoisotopic (exact) mass is 595 g/mol. The molecule has 244 valence electrons. The van der Waals surface area contributed by atoms with Crippen LogP contribution in [0.3, 0.4) is 0 Å². The molecule has 8 saturated carbocycles. The van der Waals surface area contributed by atoms with Crippen molar-refractivity contribution in [2.75, 3.05) is 6.61 Å². The van der Waals surface area contributed by atoms with Crippen LogP contribution in [0.5, 0.6) is 0 Å². The van der Waals surface area contributed by atoms with Crippen LogP contribution in [0.4, 0.5) is 0 Å². The second-order valence-electron chi connectivity index (χ2n) is 20.3. The van der Waals surface area contributed by atoms with Gasteiger partial charge in [-0.3, -0.25) is 4.79 Å². The van der Waals surface area contributed by atoms with Crippen LogP contribution in [-0.2, 0) is 4.79 Å². The Hall–Kier alpha value is -0.570. The van der Waals surface area contributed by atoms with Crippen LogP contribution in [0.25, 0.3) is 0 Å². The van der Waals surface area contributed by atoms with Crippen molar-refractivity contribution in [1.29, 1.82) is 0 Å². The van der Waals surface area contributed by atoms with Gasteiger partial charge in [-0.1, -0.05) is 47.5 Å². The van der Waals surface area contributed by atoms with Crippen LogP contribution in [0.2, 0.25) is 0 Å². The average Bonchev–Trinajstić information content (AvgIpc) is 3.34. The SMILES string of the molecule is C[C@@]12CCC3[C@@](CCC4[C@@]3(C)CCC[C@@]4(C)C(=O)O)(CC1)C2.C[C@@]12CCC3[C@@](CCC4[C@](C)(CO)CCC[C@]43C)(CC1)C2. The first-order chi connectivity index (χ1) is 20.1. The molecule has 4 bridgehead atoms. The van der Waals surface area contributed by atoms with Gasteiger partial charge in [0.1, 0.15) is 0 Å². The third kappa shape index (κ3) is 4.30. The van der Waals surface area contributed by atoms with Gasteiger partial charge in [0.25, 0.3) is 0 Å². The summed E-state index contributed by atoms with van der Waals surface area (Å²) in [4.78, 5) is 12.0. The van der Waals surface area contributed by atoms with Gasteiger partial charge in [0, 0.05) is 6.61 Å². The number of rotatable bonds is 2. The molecule has 8 aliphatic carbocycles. The maximum absolute atomic E-state index is 12.0. The van der Waals surface area contributed by atoms with Gasteiger partial charge in [-0.25, -0.2) is 0 Å². The van der Waals surface area contributed by atoms with Gasteiger partial charge in [0.15, 0.2) is 0 Å². The first-order valence-electron chi connectivity index (χ1n) is 18.9. The molecule has 8 rings (SSSR count). The molecule has 8 aliphatic rings. The summed E-state index contributed by atoms with van der Waals surface area (Å²) < 4.78 is 0. The van der Waals surface area contributed by atoms with Crippen molar-refractivity contribution >= 4 is 5.97 Å². The number of aliphatic hydroxyl groups excluding tert-OH is 1. The quantitative estimate of drug-likeness (QED) is 0.334.